The van der Waals surface area contributed by atoms with Crippen LogP contribution in [0.3, 0.4) is 0 Å². The van der Waals surface area contributed by atoms with Crippen molar-refractivity contribution in [3.63, 3.8) is 0 Å². The number of hydrogen-bond acceptors (Lipinski definition) is 4. The van der Waals surface area contributed by atoms with Crippen LogP contribution in [0.5, 0.6) is 0 Å². The van der Waals surface area contributed by atoms with Crippen LogP contribution in [0.25, 0.3) is 0 Å². The molecule has 0 unspecified atom stereocenters. The molecule has 0 bridgehead atoms. The van der Waals surface area contributed by atoms with Gasteiger partial charge in [-0.05, 0) is 49.1 Å². The van der Waals surface area contributed by atoms with Crippen molar-refractivity contribution in [3.05, 3.63) is 29.3 Å². The summed E-state index contributed by atoms with van der Waals surface area (Å²) in [7, 11) is -1.29. The fourth-order valence-corrected chi connectivity index (χ4v) is 4.66. The molecule has 146 valence electrons. The van der Waals surface area contributed by atoms with Crippen LogP contribution in [0.4, 0.5) is 0 Å². The molecule has 0 aromatic heterocycles. The number of hydrogen-bond donors (Lipinski definition) is 2. The van der Waals surface area contributed by atoms with E-state index in [1.165, 1.54) is 22.3 Å². The summed E-state index contributed by atoms with van der Waals surface area (Å²) < 4.78 is 24.7. The fourth-order valence-electron chi connectivity index (χ4n) is 3.08. The first kappa shape index (κ1) is 21.1. The molecule has 0 atom stereocenters. The summed E-state index contributed by atoms with van der Waals surface area (Å²) in [6.45, 7) is 4.85. The Morgan fingerprint density at radius 1 is 1.31 bits per heavy atom. The van der Waals surface area contributed by atoms with Gasteiger partial charge in [-0.25, -0.2) is 12.7 Å². The van der Waals surface area contributed by atoms with Gasteiger partial charge in [0.25, 0.3) is 0 Å². The predicted octanol–water partition coefficient (Wildman–Crippen LogP) is 2.05. The minimum atomic E-state index is -3.06. The van der Waals surface area contributed by atoms with Gasteiger partial charge in [0.2, 0.25) is 10.0 Å². The smallest absolute Gasteiger partial charge is 0.211 e. The highest BCUT2D eigenvalue weighted by atomic mass is 32.2. The second-order valence-corrected chi connectivity index (χ2v) is 9.56. The van der Waals surface area contributed by atoms with Crippen molar-refractivity contribution in [1.82, 2.24) is 14.9 Å². The molecule has 0 aliphatic carbocycles. The highest BCUT2D eigenvalue weighted by Gasteiger charge is 2.24. The molecule has 6 nitrogen and oxygen atoms in total. The zero-order valence-corrected chi connectivity index (χ0v) is 17.7. The maximum atomic E-state index is 11.6. The first-order valence-corrected chi connectivity index (χ1v) is 11.9. The molecule has 1 aromatic rings. The van der Waals surface area contributed by atoms with Crippen LogP contribution in [0.15, 0.2) is 28.1 Å². The quantitative estimate of drug-likeness (QED) is 0.436. The van der Waals surface area contributed by atoms with Crippen molar-refractivity contribution in [3.8, 4) is 0 Å². The first-order chi connectivity index (χ1) is 12.3. The molecule has 0 radical (unpaired) electrons. The summed E-state index contributed by atoms with van der Waals surface area (Å²) >= 11 is 1.75. The Hall–Kier alpha value is -1.25. The molecule has 1 saturated heterocycles. The average molecular weight is 399 g/mol. The van der Waals surface area contributed by atoms with Crippen molar-refractivity contribution < 1.29 is 8.42 Å². The molecule has 8 heteroatoms. The van der Waals surface area contributed by atoms with E-state index in [1.54, 1.807) is 23.1 Å². The van der Waals surface area contributed by atoms with Crippen LogP contribution >= 0.6 is 11.8 Å². The SMILES string of the molecule is CN=C(NCc1ccc(C)cc1SC)NCC1CCN(S(C)(=O)=O)CC1. The highest BCUT2D eigenvalue weighted by Crippen LogP contribution is 2.22. The molecule has 2 rings (SSSR count). The molecule has 2 N–H and O–H groups in total. The summed E-state index contributed by atoms with van der Waals surface area (Å²) in [5.74, 6) is 1.25. The summed E-state index contributed by atoms with van der Waals surface area (Å²) in [5.41, 5.74) is 2.52. The van der Waals surface area contributed by atoms with Crippen molar-refractivity contribution in [1.29, 1.82) is 0 Å². The standard InChI is InChI=1S/C18H30N4O2S2/c1-14-5-6-16(17(11-14)25-3)13-21-18(19-2)20-12-15-7-9-22(10-8-15)26(4,23)24/h5-6,11,15H,7-10,12-13H2,1-4H3,(H2,19,20,21). The lowest BCUT2D eigenvalue weighted by Crippen LogP contribution is -2.43. The molecule has 1 aliphatic rings. The number of aryl methyl sites for hydroxylation is 1. The van der Waals surface area contributed by atoms with Gasteiger partial charge < -0.3 is 10.6 Å². The Morgan fingerprint density at radius 3 is 2.58 bits per heavy atom. The van der Waals surface area contributed by atoms with E-state index in [1.807, 2.05) is 0 Å². The first-order valence-electron chi connectivity index (χ1n) is 8.86. The molecule has 0 amide bonds. The summed E-state index contributed by atoms with van der Waals surface area (Å²) in [5, 5.41) is 6.75. The van der Waals surface area contributed by atoms with Crippen LogP contribution in [0, 0.1) is 12.8 Å². The maximum absolute atomic E-state index is 11.6. The minimum Gasteiger partial charge on any atom is -0.356 e. The van der Waals surface area contributed by atoms with Crippen LogP contribution in [-0.2, 0) is 16.6 Å². The van der Waals surface area contributed by atoms with Gasteiger partial charge in [0.15, 0.2) is 5.96 Å². The number of piperidine rings is 1. The lowest BCUT2D eigenvalue weighted by Gasteiger charge is -2.30. The number of nitrogens with zero attached hydrogens (tertiary/aromatic N) is 2. The second kappa shape index (κ2) is 9.62. The van der Waals surface area contributed by atoms with Gasteiger partial charge in [-0.15, -0.1) is 11.8 Å². The van der Waals surface area contributed by atoms with Crippen LogP contribution in [0.1, 0.15) is 24.0 Å². The molecular formula is C18H30N4O2S2. The van der Waals surface area contributed by atoms with E-state index in [0.717, 1.165) is 31.9 Å². The van der Waals surface area contributed by atoms with E-state index in [0.29, 0.717) is 19.0 Å². The molecule has 1 heterocycles. The number of benzene rings is 1. The van der Waals surface area contributed by atoms with E-state index in [2.05, 4.69) is 47.0 Å². The van der Waals surface area contributed by atoms with Gasteiger partial charge in [-0.2, -0.15) is 0 Å². The van der Waals surface area contributed by atoms with E-state index in [4.69, 9.17) is 0 Å². The number of guanidine groups is 1. The summed E-state index contributed by atoms with van der Waals surface area (Å²) in [6, 6.07) is 6.48. The molecule has 0 spiro atoms. The van der Waals surface area contributed by atoms with E-state index in [-0.39, 0.29) is 0 Å². The third kappa shape index (κ3) is 6.17. The number of rotatable bonds is 6. The Kier molecular flexibility index (Phi) is 7.79. The largest absolute Gasteiger partial charge is 0.356 e. The monoisotopic (exact) mass is 398 g/mol. The Morgan fingerprint density at radius 2 is 2.00 bits per heavy atom. The Bertz CT molecular complexity index is 727. The van der Waals surface area contributed by atoms with Crippen molar-refractivity contribution in [2.45, 2.75) is 31.2 Å². The van der Waals surface area contributed by atoms with Crippen molar-refractivity contribution in [2.24, 2.45) is 10.9 Å². The fraction of sp³-hybridized carbons (Fsp3) is 0.611. The van der Waals surface area contributed by atoms with Crippen molar-refractivity contribution in [2.75, 3.05) is 39.2 Å². The van der Waals surface area contributed by atoms with Gasteiger partial charge in [0.05, 0.1) is 6.26 Å². The molecule has 1 fully saturated rings. The second-order valence-electron chi connectivity index (χ2n) is 6.73. The normalized spacial score (nSPS) is 17.3. The number of aliphatic imine (C=N–C) groups is 1. The van der Waals surface area contributed by atoms with E-state index in [9.17, 15) is 8.42 Å². The third-order valence-corrected chi connectivity index (χ3v) is 6.84. The zero-order chi connectivity index (χ0) is 19.2. The van der Waals surface area contributed by atoms with Gasteiger partial charge in [0.1, 0.15) is 0 Å². The van der Waals surface area contributed by atoms with Crippen LogP contribution in [-0.4, -0.2) is 57.9 Å². The summed E-state index contributed by atoms with van der Waals surface area (Å²) in [6.07, 6.45) is 5.14. The number of sulfonamides is 1. The Labute approximate surface area is 161 Å². The zero-order valence-electron chi connectivity index (χ0n) is 16.1. The minimum absolute atomic E-state index is 0.465. The lowest BCUT2D eigenvalue weighted by atomic mass is 9.98. The molecular weight excluding hydrogens is 368 g/mol. The molecule has 1 aliphatic heterocycles. The van der Waals surface area contributed by atoms with Gasteiger partial charge >= 0.3 is 0 Å². The maximum Gasteiger partial charge on any atom is 0.211 e. The molecule has 1 aromatic carbocycles. The van der Waals surface area contributed by atoms with Gasteiger partial charge in [-0.3, -0.25) is 4.99 Å². The van der Waals surface area contributed by atoms with E-state index >= 15 is 0 Å². The third-order valence-electron chi connectivity index (χ3n) is 4.71. The lowest BCUT2D eigenvalue weighted by molar-refractivity contribution is 0.275. The average Bonchev–Trinajstić information content (AvgIpc) is 2.62. The topological polar surface area (TPSA) is 73.8 Å². The molecule has 0 saturated carbocycles. The Balaban J connectivity index is 1.80. The number of thioether (sulfide) groups is 1. The van der Waals surface area contributed by atoms with Crippen LogP contribution in [0.2, 0.25) is 0 Å². The van der Waals surface area contributed by atoms with E-state index < -0.39 is 10.0 Å². The highest BCUT2D eigenvalue weighted by molar-refractivity contribution is 7.98. The predicted molar refractivity (Wildman–Crippen MR) is 110 cm³/mol. The number of nitrogens with one attached hydrogen (secondary N) is 2. The van der Waals surface area contributed by atoms with Gasteiger partial charge in [-0.1, -0.05) is 12.1 Å². The van der Waals surface area contributed by atoms with Crippen molar-refractivity contribution >= 4 is 27.7 Å². The van der Waals surface area contributed by atoms with Crippen LogP contribution < -0.4 is 10.6 Å². The van der Waals surface area contributed by atoms with Gasteiger partial charge in [0, 0.05) is 38.1 Å². The summed E-state index contributed by atoms with van der Waals surface area (Å²) in [4.78, 5) is 5.57. The molecule has 26 heavy (non-hydrogen) atoms.